The van der Waals surface area contributed by atoms with Crippen LogP contribution in [0.1, 0.15) is 23.1 Å². The number of hydrogen-bond donors (Lipinski definition) is 1. The number of guanidine groups is 1. The zero-order valence-electron chi connectivity index (χ0n) is 14.0. The molecule has 0 amide bonds. The lowest BCUT2D eigenvalue weighted by Crippen LogP contribution is -2.44. The molecule has 2 heterocycles. The quantitative estimate of drug-likeness (QED) is 0.533. The fraction of sp³-hybridized carbons (Fsp3) is 0.444. The molecule has 1 aromatic carbocycles. The first-order valence-electron chi connectivity index (χ1n) is 8.26. The maximum Gasteiger partial charge on any atom is 0.193 e. The van der Waals surface area contributed by atoms with Crippen LogP contribution >= 0.6 is 0 Å². The third-order valence-electron chi connectivity index (χ3n) is 4.33. The number of benzene rings is 1. The van der Waals surface area contributed by atoms with Gasteiger partial charge in [-0.2, -0.15) is 5.10 Å². The summed E-state index contributed by atoms with van der Waals surface area (Å²) in [4.78, 5) is 6.79. The molecule has 5 nitrogen and oxygen atoms in total. The number of rotatable bonds is 4. The highest BCUT2D eigenvalue weighted by Crippen LogP contribution is 2.18. The molecular weight excluding hydrogens is 286 g/mol. The highest BCUT2D eigenvalue weighted by Gasteiger charge is 2.18. The van der Waals surface area contributed by atoms with Gasteiger partial charge in [0.25, 0.3) is 0 Å². The monoisotopic (exact) mass is 311 g/mol. The maximum absolute atomic E-state index is 4.45. The number of fused-ring (bicyclic) bond motifs is 1. The van der Waals surface area contributed by atoms with Crippen LogP contribution < -0.4 is 5.32 Å². The molecule has 1 N–H and O–H groups in total. The first-order chi connectivity index (χ1) is 11.3. The van der Waals surface area contributed by atoms with Gasteiger partial charge in [0.15, 0.2) is 5.96 Å². The van der Waals surface area contributed by atoms with E-state index in [1.807, 2.05) is 25.0 Å². The van der Waals surface area contributed by atoms with Crippen molar-refractivity contribution in [3.63, 3.8) is 0 Å². The van der Waals surface area contributed by atoms with Crippen LogP contribution in [-0.2, 0) is 26.4 Å². The van der Waals surface area contributed by atoms with Crippen molar-refractivity contribution in [3.05, 3.63) is 53.3 Å². The van der Waals surface area contributed by atoms with Crippen LogP contribution in [0, 0.1) is 0 Å². The second kappa shape index (κ2) is 7.31. The molecule has 0 atom stereocenters. The van der Waals surface area contributed by atoms with E-state index in [2.05, 4.69) is 50.8 Å². The lowest BCUT2D eigenvalue weighted by molar-refractivity contribution is 0.378. The van der Waals surface area contributed by atoms with Gasteiger partial charge in [-0.05, 0) is 36.0 Å². The minimum Gasteiger partial charge on any atom is -0.356 e. The van der Waals surface area contributed by atoms with Crippen molar-refractivity contribution >= 4 is 5.96 Å². The summed E-state index contributed by atoms with van der Waals surface area (Å²) in [5, 5.41) is 7.70. The Bertz CT molecular complexity index is 674. The van der Waals surface area contributed by atoms with E-state index in [0.29, 0.717) is 0 Å². The highest BCUT2D eigenvalue weighted by atomic mass is 15.3. The van der Waals surface area contributed by atoms with Gasteiger partial charge in [-0.3, -0.25) is 9.67 Å². The summed E-state index contributed by atoms with van der Waals surface area (Å²) in [5.41, 5.74) is 4.17. The van der Waals surface area contributed by atoms with E-state index in [9.17, 15) is 0 Å². The zero-order chi connectivity index (χ0) is 16.1. The molecule has 122 valence electrons. The topological polar surface area (TPSA) is 45.5 Å². The van der Waals surface area contributed by atoms with E-state index < -0.39 is 0 Å². The fourth-order valence-electron chi connectivity index (χ4n) is 3.10. The van der Waals surface area contributed by atoms with Gasteiger partial charge in [-0.15, -0.1) is 0 Å². The molecule has 0 fully saturated rings. The van der Waals surface area contributed by atoms with Gasteiger partial charge in [0.1, 0.15) is 0 Å². The van der Waals surface area contributed by atoms with Crippen molar-refractivity contribution in [2.24, 2.45) is 12.0 Å². The standard InChI is InChI=1S/C18H25N5/c1-19-18(20-10-5-6-15-12-21-22(2)13-15)23-11-9-16-7-3-4-8-17(16)14-23/h3-4,7-8,12-13H,5-6,9-11,14H2,1-2H3,(H,19,20). The third kappa shape index (κ3) is 3.92. The Balaban J connectivity index is 1.49. The number of aromatic nitrogens is 2. The highest BCUT2D eigenvalue weighted by molar-refractivity contribution is 5.80. The normalized spacial score (nSPS) is 14.7. The third-order valence-corrected chi connectivity index (χ3v) is 4.33. The number of nitrogens with zero attached hydrogens (tertiary/aromatic N) is 4. The lowest BCUT2D eigenvalue weighted by Gasteiger charge is -2.31. The van der Waals surface area contributed by atoms with Gasteiger partial charge in [0.05, 0.1) is 6.20 Å². The van der Waals surface area contributed by atoms with E-state index in [0.717, 1.165) is 44.9 Å². The summed E-state index contributed by atoms with van der Waals surface area (Å²) in [6, 6.07) is 8.69. The van der Waals surface area contributed by atoms with Gasteiger partial charge in [-0.25, -0.2) is 0 Å². The molecule has 1 aliphatic rings. The molecule has 5 heteroatoms. The summed E-state index contributed by atoms with van der Waals surface area (Å²) in [6.07, 6.45) is 7.23. The van der Waals surface area contributed by atoms with Crippen molar-refractivity contribution in [3.8, 4) is 0 Å². The largest absolute Gasteiger partial charge is 0.356 e. The Morgan fingerprint density at radius 3 is 2.87 bits per heavy atom. The smallest absolute Gasteiger partial charge is 0.193 e. The van der Waals surface area contributed by atoms with Crippen molar-refractivity contribution in [1.82, 2.24) is 20.0 Å². The Kier molecular flexibility index (Phi) is 4.95. The predicted octanol–water partition coefficient (Wildman–Crippen LogP) is 1.99. The fourth-order valence-corrected chi connectivity index (χ4v) is 3.10. The minimum absolute atomic E-state index is 0.930. The maximum atomic E-state index is 4.45. The van der Waals surface area contributed by atoms with Crippen LogP contribution in [0.2, 0.25) is 0 Å². The molecule has 3 rings (SSSR count). The Morgan fingerprint density at radius 2 is 2.13 bits per heavy atom. The summed E-state index contributed by atoms with van der Waals surface area (Å²) in [5.74, 6) is 1.01. The van der Waals surface area contributed by atoms with Crippen molar-refractivity contribution in [2.75, 3.05) is 20.1 Å². The van der Waals surface area contributed by atoms with Crippen LogP contribution in [-0.4, -0.2) is 40.8 Å². The number of aliphatic imine (C=N–C) groups is 1. The summed E-state index contributed by atoms with van der Waals surface area (Å²) in [7, 11) is 3.82. The van der Waals surface area contributed by atoms with Gasteiger partial charge in [0, 0.05) is 39.9 Å². The molecule has 0 bridgehead atoms. The summed E-state index contributed by atoms with van der Waals surface area (Å²) < 4.78 is 1.85. The molecule has 2 aromatic rings. The summed E-state index contributed by atoms with van der Waals surface area (Å²) >= 11 is 0. The number of nitrogens with one attached hydrogen (secondary N) is 1. The van der Waals surface area contributed by atoms with Gasteiger partial charge in [-0.1, -0.05) is 24.3 Å². The molecule has 1 aromatic heterocycles. The molecule has 0 unspecified atom stereocenters. The first-order valence-corrected chi connectivity index (χ1v) is 8.26. The SMILES string of the molecule is CN=C(NCCCc1cnn(C)c1)N1CCc2ccccc2C1. The van der Waals surface area contributed by atoms with E-state index >= 15 is 0 Å². The van der Waals surface area contributed by atoms with Crippen LogP contribution in [0.5, 0.6) is 0 Å². The molecule has 1 aliphatic heterocycles. The van der Waals surface area contributed by atoms with E-state index in [1.54, 1.807) is 0 Å². The Morgan fingerprint density at radius 1 is 1.30 bits per heavy atom. The molecule has 0 saturated carbocycles. The minimum atomic E-state index is 0.930. The van der Waals surface area contributed by atoms with Crippen LogP contribution in [0.15, 0.2) is 41.7 Å². The Hall–Kier alpha value is -2.30. The van der Waals surface area contributed by atoms with Crippen LogP contribution in [0.25, 0.3) is 0 Å². The van der Waals surface area contributed by atoms with E-state index in [1.165, 1.54) is 16.7 Å². The van der Waals surface area contributed by atoms with Crippen molar-refractivity contribution < 1.29 is 0 Å². The number of aryl methyl sites for hydroxylation is 2. The predicted molar refractivity (Wildman–Crippen MR) is 93.4 cm³/mol. The average Bonchev–Trinajstić information content (AvgIpc) is 3.00. The second-order valence-corrected chi connectivity index (χ2v) is 6.04. The molecule has 23 heavy (non-hydrogen) atoms. The average molecular weight is 311 g/mol. The van der Waals surface area contributed by atoms with Gasteiger partial charge >= 0.3 is 0 Å². The molecule has 0 saturated heterocycles. The van der Waals surface area contributed by atoms with E-state index in [4.69, 9.17) is 0 Å². The first kappa shape index (κ1) is 15.6. The lowest BCUT2D eigenvalue weighted by atomic mass is 10.0. The Labute approximate surface area is 138 Å². The second-order valence-electron chi connectivity index (χ2n) is 6.04. The van der Waals surface area contributed by atoms with Crippen LogP contribution in [0.3, 0.4) is 0 Å². The molecular formula is C18H25N5. The van der Waals surface area contributed by atoms with Gasteiger partial charge < -0.3 is 10.2 Å². The summed E-state index contributed by atoms with van der Waals surface area (Å²) in [6.45, 7) is 2.90. The van der Waals surface area contributed by atoms with Crippen molar-refractivity contribution in [1.29, 1.82) is 0 Å². The molecule has 0 radical (unpaired) electrons. The van der Waals surface area contributed by atoms with E-state index in [-0.39, 0.29) is 0 Å². The molecule has 0 aliphatic carbocycles. The number of hydrogen-bond acceptors (Lipinski definition) is 2. The zero-order valence-corrected chi connectivity index (χ0v) is 14.0. The molecule has 0 spiro atoms. The van der Waals surface area contributed by atoms with Crippen molar-refractivity contribution in [2.45, 2.75) is 25.8 Å². The van der Waals surface area contributed by atoms with Gasteiger partial charge in [0.2, 0.25) is 0 Å². The van der Waals surface area contributed by atoms with Crippen LogP contribution in [0.4, 0.5) is 0 Å².